The van der Waals surface area contributed by atoms with Gasteiger partial charge in [0.25, 0.3) is 0 Å². The lowest BCUT2D eigenvalue weighted by atomic mass is 9.97. The predicted octanol–water partition coefficient (Wildman–Crippen LogP) is 5.96. The normalized spacial score (nSPS) is 15.9. The monoisotopic (exact) mass is 454 g/mol. The van der Waals surface area contributed by atoms with Gasteiger partial charge in [-0.3, -0.25) is 5.01 Å². The topological polar surface area (TPSA) is 34.1 Å². The zero-order valence-electron chi connectivity index (χ0n) is 16.1. The third-order valence-corrected chi connectivity index (χ3v) is 5.51. The summed E-state index contributed by atoms with van der Waals surface area (Å²) in [5.41, 5.74) is 3.33. The molecule has 0 bridgehead atoms. The van der Waals surface area contributed by atoms with Crippen molar-refractivity contribution >= 4 is 27.3 Å². The van der Waals surface area contributed by atoms with Gasteiger partial charge in [0.05, 0.1) is 31.7 Å². The van der Waals surface area contributed by atoms with Gasteiger partial charge in [0.2, 0.25) is 0 Å². The molecule has 0 fully saturated rings. The first-order chi connectivity index (χ1) is 14.1. The summed E-state index contributed by atoms with van der Waals surface area (Å²) in [6.07, 6.45) is 0.644. The van der Waals surface area contributed by atoms with E-state index in [0.29, 0.717) is 23.6 Å². The molecule has 3 aromatic rings. The number of halogens is 2. The van der Waals surface area contributed by atoms with Gasteiger partial charge in [-0.2, -0.15) is 5.10 Å². The molecule has 1 aliphatic rings. The van der Waals surface area contributed by atoms with E-state index in [-0.39, 0.29) is 11.9 Å². The number of nitrogens with zero attached hydrogens (tertiary/aromatic N) is 2. The largest absolute Gasteiger partial charge is 0.493 e. The molecule has 0 spiro atoms. The minimum absolute atomic E-state index is 0.162. The highest BCUT2D eigenvalue weighted by molar-refractivity contribution is 9.10. The average molecular weight is 455 g/mol. The number of para-hydroxylation sites is 1. The van der Waals surface area contributed by atoms with E-state index in [0.717, 1.165) is 21.3 Å². The molecular weight excluding hydrogens is 435 g/mol. The van der Waals surface area contributed by atoms with Gasteiger partial charge in [0.1, 0.15) is 5.82 Å². The molecule has 29 heavy (non-hydrogen) atoms. The first-order valence-corrected chi connectivity index (χ1v) is 9.99. The summed E-state index contributed by atoms with van der Waals surface area (Å²) in [5.74, 6) is 0.982. The van der Waals surface area contributed by atoms with Crippen LogP contribution in [0.15, 0.2) is 76.3 Å². The number of methoxy groups -OCH3 is 2. The van der Waals surface area contributed by atoms with Crippen LogP contribution >= 0.6 is 15.9 Å². The standard InChI is InChI=1S/C23H20BrFN2O2/c1-28-22-12-9-16(13-23(22)29-2)21-14-19(15-7-10-17(24)11-8-15)26-27(21)20-6-4-3-5-18(20)25/h3-13,21H,14H2,1-2H3/t21-/m1/s1. The lowest BCUT2D eigenvalue weighted by molar-refractivity contribution is 0.354. The van der Waals surface area contributed by atoms with Gasteiger partial charge >= 0.3 is 0 Å². The second-order valence-corrected chi connectivity index (χ2v) is 7.60. The van der Waals surface area contributed by atoms with Crippen LogP contribution in [0.1, 0.15) is 23.6 Å². The van der Waals surface area contributed by atoms with Crippen molar-refractivity contribution < 1.29 is 13.9 Å². The molecule has 6 heteroatoms. The molecule has 0 aliphatic carbocycles. The Bertz CT molecular complexity index is 1050. The van der Waals surface area contributed by atoms with Crippen molar-refractivity contribution in [1.29, 1.82) is 0 Å². The predicted molar refractivity (Wildman–Crippen MR) is 116 cm³/mol. The fourth-order valence-electron chi connectivity index (χ4n) is 3.51. The van der Waals surface area contributed by atoms with Crippen LogP contribution in [-0.2, 0) is 0 Å². The zero-order valence-corrected chi connectivity index (χ0v) is 17.7. The Labute approximate surface area is 177 Å². The van der Waals surface area contributed by atoms with E-state index in [4.69, 9.17) is 14.6 Å². The second-order valence-electron chi connectivity index (χ2n) is 6.68. The maximum absolute atomic E-state index is 14.6. The summed E-state index contributed by atoms with van der Waals surface area (Å²) >= 11 is 3.46. The van der Waals surface area contributed by atoms with E-state index in [1.54, 1.807) is 31.4 Å². The van der Waals surface area contributed by atoms with Crippen LogP contribution in [0, 0.1) is 5.82 Å². The van der Waals surface area contributed by atoms with E-state index < -0.39 is 0 Å². The van der Waals surface area contributed by atoms with Gasteiger partial charge in [-0.25, -0.2) is 4.39 Å². The van der Waals surface area contributed by atoms with Crippen LogP contribution in [0.5, 0.6) is 11.5 Å². The van der Waals surface area contributed by atoms with Crippen molar-refractivity contribution in [2.75, 3.05) is 19.2 Å². The maximum atomic E-state index is 14.6. The summed E-state index contributed by atoms with van der Waals surface area (Å²) in [4.78, 5) is 0. The van der Waals surface area contributed by atoms with Crippen molar-refractivity contribution in [3.05, 3.63) is 88.1 Å². The van der Waals surface area contributed by atoms with E-state index in [1.807, 2.05) is 48.5 Å². The highest BCUT2D eigenvalue weighted by Gasteiger charge is 2.32. The molecule has 3 aromatic carbocycles. The van der Waals surface area contributed by atoms with Gasteiger partial charge in [-0.1, -0.05) is 46.3 Å². The van der Waals surface area contributed by atoms with E-state index in [2.05, 4.69) is 15.9 Å². The third-order valence-electron chi connectivity index (χ3n) is 4.98. The van der Waals surface area contributed by atoms with Crippen LogP contribution < -0.4 is 14.5 Å². The highest BCUT2D eigenvalue weighted by Crippen LogP contribution is 2.40. The number of anilines is 1. The van der Waals surface area contributed by atoms with Gasteiger partial charge in [-0.15, -0.1) is 0 Å². The molecule has 4 nitrogen and oxygen atoms in total. The molecule has 0 saturated heterocycles. The van der Waals surface area contributed by atoms with Crippen molar-refractivity contribution in [2.24, 2.45) is 5.10 Å². The molecule has 1 aliphatic heterocycles. The molecule has 0 amide bonds. The van der Waals surface area contributed by atoms with E-state index in [1.165, 1.54) is 6.07 Å². The molecule has 0 radical (unpaired) electrons. The van der Waals surface area contributed by atoms with Crippen molar-refractivity contribution in [3.8, 4) is 11.5 Å². The van der Waals surface area contributed by atoms with Crippen molar-refractivity contribution in [1.82, 2.24) is 0 Å². The molecule has 0 aromatic heterocycles. The number of ether oxygens (including phenoxy) is 2. The Morgan fingerprint density at radius 2 is 1.69 bits per heavy atom. The molecule has 4 rings (SSSR count). The van der Waals surface area contributed by atoms with Gasteiger partial charge in [0.15, 0.2) is 11.5 Å². The lowest BCUT2D eigenvalue weighted by Crippen LogP contribution is -2.19. The van der Waals surface area contributed by atoms with Crippen LogP contribution in [0.25, 0.3) is 0 Å². The Balaban J connectivity index is 1.78. The van der Waals surface area contributed by atoms with Crippen molar-refractivity contribution in [3.63, 3.8) is 0 Å². The smallest absolute Gasteiger partial charge is 0.161 e. The van der Waals surface area contributed by atoms with Crippen LogP contribution in [0.2, 0.25) is 0 Å². The summed E-state index contributed by atoms with van der Waals surface area (Å²) in [7, 11) is 3.21. The SMILES string of the molecule is COc1ccc([C@H]2CC(c3ccc(Br)cc3)=NN2c2ccccc2F)cc1OC. The summed E-state index contributed by atoms with van der Waals surface area (Å²) in [6, 6.07) is 20.3. The number of benzene rings is 3. The van der Waals surface area contributed by atoms with Gasteiger partial charge < -0.3 is 9.47 Å². The quantitative estimate of drug-likeness (QED) is 0.476. The number of hydrogen-bond acceptors (Lipinski definition) is 4. The second kappa shape index (κ2) is 8.25. The molecular formula is C23H20BrFN2O2. The molecule has 148 valence electrons. The zero-order chi connectivity index (χ0) is 20.4. The summed E-state index contributed by atoms with van der Waals surface area (Å²) < 4.78 is 26.4. The fraction of sp³-hybridized carbons (Fsp3) is 0.174. The Hall–Kier alpha value is -2.86. The highest BCUT2D eigenvalue weighted by atomic mass is 79.9. The van der Waals surface area contributed by atoms with E-state index in [9.17, 15) is 4.39 Å². The summed E-state index contributed by atoms with van der Waals surface area (Å²) in [5, 5.41) is 6.56. The van der Waals surface area contributed by atoms with Gasteiger partial charge in [0, 0.05) is 10.9 Å². The number of hydrazone groups is 1. The average Bonchev–Trinajstić information content (AvgIpc) is 3.19. The Kier molecular flexibility index (Phi) is 5.53. The number of hydrogen-bond donors (Lipinski definition) is 0. The maximum Gasteiger partial charge on any atom is 0.161 e. The summed E-state index contributed by atoms with van der Waals surface area (Å²) in [6.45, 7) is 0. The van der Waals surface area contributed by atoms with Crippen LogP contribution in [-0.4, -0.2) is 19.9 Å². The molecule has 1 heterocycles. The van der Waals surface area contributed by atoms with Crippen LogP contribution in [0.4, 0.5) is 10.1 Å². The van der Waals surface area contributed by atoms with Crippen LogP contribution in [0.3, 0.4) is 0 Å². The first kappa shape index (κ1) is 19.5. The molecule has 0 saturated carbocycles. The molecule has 1 atom stereocenters. The fourth-order valence-corrected chi connectivity index (χ4v) is 3.77. The minimum atomic E-state index is -0.307. The first-order valence-electron chi connectivity index (χ1n) is 9.20. The van der Waals surface area contributed by atoms with Crippen molar-refractivity contribution in [2.45, 2.75) is 12.5 Å². The minimum Gasteiger partial charge on any atom is -0.493 e. The van der Waals surface area contributed by atoms with Gasteiger partial charge in [-0.05, 0) is 47.5 Å². The lowest BCUT2D eigenvalue weighted by Gasteiger charge is -2.25. The Morgan fingerprint density at radius 3 is 2.38 bits per heavy atom. The third kappa shape index (κ3) is 3.85. The Morgan fingerprint density at radius 1 is 0.966 bits per heavy atom. The van der Waals surface area contributed by atoms with E-state index >= 15 is 0 Å². The number of rotatable bonds is 5. The molecule has 0 N–H and O–H groups in total. The molecule has 0 unspecified atom stereocenters.